The van der Waals surface area contributed by atoms with E-state index in [1.165, 1.54) is 25.7 Å². The molecule has 1 saturated carbocycles. The first-order valence-corrected chi connectivity index (χ1v) is 6.48. The quantitative estimate of drug-likeness (QED) is 0.801. The van der Waals surface area contributed by atoms with E-state index in [2.05, 4.69) is 22.6 Å². The van der Waals surface area contributed by atoms with Crippen molar-refractivity contribution in [2.45, 2.75) is 44.2 Å². The first kappa shape index (κ1) is 18.0. The summed E-state index contributed by atoms with van der Waals surface area (Å²) in [5.41, 5.74) is 0. The van der Waals surface area contributed by atoms with Gasteiger partial charge in [0.05, 0.1) is 6.04 Å². The number of hydrogen-bond acceptors (Lipinski definition) is 3. The minimum atomic E-state index is 0. The molecule has 0 spiro atoms. The molecule has 1 atom stereocenters. The van der Waals surface area contributed by atoms with Gasteiger partial charge in [-0.1, -0.05) is 6.42 Å². The number of nitrogens with one attached hydrogen (secondary N) is 2. The fraction of sp³-hybridized carbons (Fsp3) is 0.917. The van der Waals surface area contributed by atoms with Crippen molar-refractivity contribution in [2.75, 3.05) is 26.7 Å². The molecule has 2 rings (SSSR count). The van der Waals surface area contributed by atoms with Gasteiger partial charge in [0, 0.05) is 19.1 Å². The predicted octanol–water partition coefficient (Wildman–Crippen LogP) is 1.18. The molecule has 2 aliphatic rings. The highest BCUT2D eigenvalue weighted by atomic mass is 35.5. The summed E-state index contributed by atoms with van der Waals surface area (Å²) in [5, 5.41) is 6.29. The van der Waals surface area contributed by atoms with Crippen LogP contribution in [0, 0.1) is 0 Å². The van der Waals surface area contributed by atoms with Gasteiger partial charge in [-0.2, -0.15) is 0 Å². The zero-order chi connectivity index (χ0) is 11.4. The molecular formula is C12H25Cl2N3O. The molecule has 0 aromatic carbocycles. The molecule has 4 nitrogen and oxygen atoms in total. The van der Waals surface area contributed by atoms with Crippen LogP contribution in [0.25, 0.3) is 0 Å². The number of rotatable bonds is 5. The molecule has 2 N–H and O–H groups in total. The topological polar surface area (TPSA) is 44.4 Å². The van der Waals surface area contributed by atoms with Gasteiger partial charge in [0.25, 0.3) is 0 Å². The van der Waals surface area contributed by atoms with Crippen LogP contribution >= 0.6 is 24.8 Å². The first-order chi connectivity index (χ1) is 7.77. The van der Waals surface area contributed by atoms with E-state index in [4.69, 9.17) is 0 Å². The molecule has 1 heterocycles. The van der Waals surface area contributed by atoms with E-state index in [0.717, 1.165) is 32.1 Å². The van der Waals surface area contributed by atoms with Crippen LogP contribution < -0.4 is 10.6 Å². The summed E-state index contributed by atoms with van der Waals surface area (Å²) in [6.45, 7) is 2.74. The Morgan fingerprint density at radius 3 is 2.56 bits per heavy atom. The van der Waals surface area contributed by atoms with Crippen molar-refractivity contribution in [1.82, 2.24) is 15.5 Å². The first-order valence-electron chi connectivity index (χ1n) is 6.48. The van der Waals surface area contributed by atoms with E-state index in [1.807, 2.05) is 0 Å². The Bertz CT molecular complexity index is 243. The standard InChI is InChI=1S/C12H23N3O.2ClH/c1-15(10-5-6-10)9-8-14-12(16)11-4-2-3-7-13-11;;/h10-11,13H,2-9H2,1H3,(H,14,16);2*1H. The fourth-order valence-electron chi connectivity index (χ4n) is 2.25. The molecular weight excluding hydrogens is 273 g/mol. The Morgan fingerprint density at radius 2 is 2.00 bits per heavy atom. The molecule has 0 aromatic heterocycles. The second-order valence-corrected chi connectivity index (χ2v) is 5.01. The largest absolute Gasteiger partial charge is 0.353 e. The molecule has 1 unspecified atom stereocenters. The molecule has 1 amide bonds. The Kier molecular flexibility index (Phi) is 8.95. The van der Waals surface area contributed by atoms with Crippen LogP contribution in [0.1, 0.15) is 32.1 Å². The van der Waals surface area contributed by atoms with E-state index in [1.54, 1.807) is 0 Å². The van der Waals surface area contributed by atoms with Crippen molar-refractivity contribution in [3.05, 3.63) is 0 Å². The minimum absolute atomic E-state index is 0. The lowest BCUT2D eigenvalue weighted by Crippen LogP contribution is -2.48. The maximum absolute atomic E-state index is 11.8. The average Bonchev–Trinajstić information content (AvgIpc) is 3.14. The van der Waals surface area contributed by atoms with Crippen LogP contribution in [-0.2, 0) is 4.79 Å². The van der Waals surface area contributed by atoms with Crippen molar-refractivity contribution < 1.29 is 4.79 Å². The van der Waals surface area contributed by atoms with Gasteiger partial charge in [0.2, 0.25) is 5.91 Å². The molecule has 0 bridgehead atoms. The highest BCUT2D eigenvalue weighted by molar-refractivity contribution is 5.85. The molecule has 2 fully saturated rings. The Morgan fingerprint density at radius 1 is 1.28 bits per heavy atom. The Labute approximate surface area is 122 Å². The maximum atomic E-state index is 11.8. The van der Waals surface area contributed by atoms with Gasteiger partial charge >= 0.3 is 0 Å². The van der Waals surface area contributed by atoms with Gasteiger partial charge in [0.1, 0.15) is 0 Å². The number of nitrogens with zero attached hydrogens (tertiary/aromatic N) is 1. The van der Waals surface area contributed by atoms with E-state index in [9.17, 15) is 4.79 Å². The summed E-state index contributed by atoms with van der Waals surface area (Å²) in [4.78, 5) is 14.1. The van der Waals surface area contributed by atoms with Gasteiger partial charge in [0.15, 0.2) is 0 Å². The van der Waals surface area contributed by atoms with Crippen molar-refractivity contribution in [1.29, 1.82) is 0 Å². The zero-order valence-electron chi connectivity index (χ0n) is 11.0. The van der Waals surface area contributed by atoms with Gasteiger partial charge in [-0.25, -0.2) is 0 Å². The lowest BCUT2D eigenvalue weighted by molar-refractivity contribution is -0.123. The SMILES string of the molecule is CN(CCNC(=O)C1CCCCN1)C1CC1.Cl.Cl. The van der Waals surface area contributed by atoms with Gasteiger partial charge < -0.3 is 15.5 Å². The number of carbonyl (C=O) groups excluding carboxylic acids is 1. The molecule has 6 heteroatoms. The summed E-state index contributed by atoms with van der Waals surface area (Å²) >= 11 is 0. The smallest absolute Gasteiger partial charge is 0.237 e. The highest BCUT2D eigenvalue weighted by Gasteiger charge is 2.26. The average molecular weight is 298 g/mol. The summed E-state index contributed by atoms with van der Waals surface area (Å²) in [6.07, 6.45) is 6.02. The number of piperidine rings is 1. The second kappa shape index (κ2) is 8.97. The summed E-state index contributed by atoms with van der Waals surface area (Å²) in [6, 6.07) is 0.838. The highest BCUT2D eigenvalue weighted by Crippen LogP contribution is 2.24. The van der Waals surface area contributed by atoms with Gasteiger partial charge in [-0.3, -0.25) is 4.79 Å². The van der Waals surface area contributed by atoms with Crippen LogP contribution in [0.5, 0.6) is 0 Å². The van der Waals surface area contributed by atoms with Crippen molar-refractivity contribution in [2.24, 2.45) is 0 Å². The van der Waals surface area contributed by atoms with Crippen molar-refractivity contribution in [3.8, 4) is 0 Å². The maximum Gasteiger partial charge on any atom is 0.237 e. The third-order valence-corrected chi connectivity index (χ3v) is 3.56. The number of amides is 1. The van der Waals surface area contributed by atoms with Crippen LogP contribution in [-0.4, -0.2) is 49.6 Å². The Hall–Kier alpha value is -0.0300. The van der Waals surface area contributed by atoms with Crippen LogP contribution in [0.15, 0.2) is 0 Å². The van der Waals surface area contributed by atoms with Gasteiger partial charge in [-0.15, -0.1) is 24.8 Å². The number of hydrogen-bond donors (Lipinski definition) is 2. The normalized spacial score (nSPS) is 22.9. The molecule has 1 aliphatic carbocycles. The van der Waals surface area contributed by atoms with Crippen molar-refractivity contribution in [3.63, 3.8) is 0 Å². The van der Waals surface area contributed by atoms with Crippen LogP contribution in [0.2, 0.25) is 0 Å². The summed E-state index contributed by atoms with van der Waals surface area (Å²) in [7, 11) is 2.14. The lowest BCUT2D eigenvalue weighted by atomic mass is 10.0. The second-order valence-electron chi connectivity index (χ2n) is 5.01. The van der Waals surface area contributed by atoms with E-state index in [0.29, 0.717) is 0 Å². The minimum Gasteiger partial charge on any atom is -0.353 e. The third-order valence-electron chi connectivity index (χ3n) is 3.56. The van der Waals surface area contributed by atoms with E-state index in [-0.39, 0.29) is 36.8 Å². The number of carbonyl (C=O) groups is 1. The third kappa shape index (κ3) is 5.74. The van der Waals surface area contributed by atoms with Crippen molar-refractivity contribution >= 4 is 30.7 Å². The Balaban J connectivity index is 0.00000144. The molecule has 0 radical (unpaired) electrons. The van der Waals surface area contributed by atoms with Crippen LogP contribution in [0.3, 0.4) is 0 Å². The van der Waals surface area contributed by atoms with Crippen LogP contribution in [0.4, 0.5) is 0 Å². The van der Waals surface area contributed by atoms with E-state index >= 15 is 0 Å². The molecule has 0 aromatic rings. The number of halogens is 2. The summed E-state index contributed by atoms with van der Waals surface area (Å²) in [5.74, 6) is 0.184. The molecule has 1 saturated heterocycles. The number of likely N-dealkylation sites (N-methyl/N-ethyl adjacent to an activating group) is 1. The molecule has 18 heavy (non-hydrogen) atoms. The predicted molar refractivity (Wildman–Crippen MR) is 78.8 cm³/mol. The summed E-state index contributed by atoms with van der Waals surface area (Å²) < 4.78 is 0. The van der Waals surface area contributed by atoms with E-state index < -0.39 is 0 Å². The van der Waals surface area contributed by atoms with Gasteiger partial charge in [-0.05, 0) is 39.3 Å². The molecule has 108 valence electrons. The lowest BCUT2D eigenvalue weighted by Gasteiger charge is -2.23. The zero-order valence-corrected chi connectivity index (χ0v) is 12.6. The monoisotopic (exact) mass is 297 g/mol. The fourth-order valence-corrected chi connectivity index (χ4v) is 2.25. The molecule has 1 aliphatic heterocycles.